The van der Waals surface area contributed by atoms with Gasteiger partial charge in [-0.3, -0.25) is 0 Å². The SMILES string of the molecule is Oc1ccc(-c2nc3cc(C(c4ccc5oc(-c6ccc(O)cc6)nc5c4)(C(F)(F)F)C(F)(F)F)ccc3o2)cc1. The number of hydrogen-bond donors (Lipinski definition) is 2. The first-order valence-corrected chi connectivity index (χ1v) is 11.9. The van der Waals surface area contributed by atoms with Crippen molar-refractivity contribution in [1.29, 1.82) is 0 Å². The molecule has 0 bridgehead atoms. The second kappa shape index (κ2) is 9.01. The molecule has 4 aromatic carbocycles. The summed E-state index contributed by atoms with van der Waals surface area (Å²) < 4.78 is 99.9. The van der Waals surface area contributed by atoms with Crippen LogP contribution in [0.25, 0.3) is 45.1 Å². The maximum Gasteiger partial charge on any atom is 0.411 e. The van der Waals surface area contributed by atoms with Crippen molar-refractivity contribution >= 4 is 22.2 Å². The van der Waals surface area contributed by atoms with Gasteiger partial charge >= 0.3 is 12.4 Å². The molecule has 208 valence electrons. The highest BCUT2D eigenvalue weighted by Crippen LogP contribution is 2.57. The summed E-state index contributed by atoms with van der Waals surface area (Å²) in [5, 5.41) is 19.0. The second-order valence-corrected chi connectivity index (χ2v) is 9.24. The van der Waals surface area contributed by atoms with Crippen LogP contribution >= 0.6 is 0 Å². The van der Waals surface area contributed by atoms with Gasteiger partial charge in [-0.05, 0) is 83.9 Å². The highest BCUT2D eigenvalue weighted by Gasteiger charge is 2.72. The zero-order valence-electron chi connectivity index (χ0n) is 20.5. The average molecular weight is 570 g/mol. The van der Waals surface area contributed by atoms with Crippen molar-refractivity contribution in [3.8, 4) is 34.4 Å². The fourth-order valence-corrected chi connectivity index (χ4v) is 4.76. The van der Waals surface area contributed by atoms with E-state index in [0.29, 0.717) is 35.4 Å². The van der Waals surface area contributed by atoms with E-state index in [1.54, 1.807) is 0 Å². The number of phenols is 2. The molecule has 12 heteroatoms. The fourth-order valence-electron chi connectivity index (χ4n) is 4.76. The van der Waals surface area contributed by atoms with E-state index in [1.807, 2.05) is 0 Å². The molecular formula is C29H16F6N2O4. The van der Waals surface area contributed by atoms with Crippen LogP contribution in [0, 0.1) is 0 Å². The minimum Gasteiger partial charge on any atom is -0.508 e. The summed E-state index contributed by atoms with van der Waals surface area (Å²) >= 11 is 0. The molecule has 6 rings (SSSR count). The summed E-state index contributed by atoms with van der Waals surface area (Å²) in [7, 11) is 0. The monoisotopic (exact) mass is 570 g/mol. The van der Waals surface area contributed by atoms with Gasteiger partial charge in [0.15, 0.2) is 11.2 Å². The minimum atomic E-state index is -5.83. The van der Waals surface area contributed by atoms with Crippen LogP contribution < -0.4 is 0 Å². The molecule has 41 heavy (non-hydrogen) atoms. The summed E-state index contributed by atoms with van der Waals surface area (Å²) in [6.07, 6.45) is -11.7. The number of phenolic OH excluding ortho intramolecular Hbond substituents is 2. The van der Waals surface area contributed by atoms with Crippen LogP contribution in [0.1, 0.15) is 11.1 Å². The van der Waals surface area contributed by atoms with Gasteiger partial charge in [-0.25, -0.2) is 9.97 Å². The van der Waals surface area contributed by atoms with Crippen molar-refractivity contribution in [2.45, 2.75) is 17.8 Å². The third-order valence-corrected chi connectivity index (χ3v) is 6.72. The van der Waals surface area contributed by atoms with E-state index in [9.17, 15) is 36.6 Å². The molecule has 2 N–H and O–H groups in total. The first-order valence-electron chi connectivity index (χ1n) is 11.9. The molecule has 0 aliphatic rings. The Kier molecular flexibility index (Phi) is 5.77. The molecule has 0 aliphatic heterocycles. The molecule has 0 saturated heterocycles. The van der Waals surface area contributed by atoms with E-state index < -0.39 is 28.9 Å². The van der Waals surface area contributed by atoms with Gasteiger partial charge in [0.25, 0.3) is 0 Å². The Balaban J connectivity index is 1.53. The maximum absolute atomic E-state index is 14.8. The lowest BCUT2D eigenvalue weighted by Crippen LogP contribution is -2.54. The van der Waals surface area contributed by atoms with Crippen LogP contribution in [0.15, 0.2) is 93.8 Å². The Bertz CT molecular complexity index is 1750. The molecule has 0 atom stereocenters. The third kappa shape index (κ3) is 4.22. The van der Waals surface area contributed by atoms with Crippen molar-refractivity contribution in [3.05, 3.63) is 96.1 Å². The molecule has 0 unspecified atom stereocenters. The number of nitrogens with zero attached hydrogens (tertiary/aromatic N) is 2. The van der Waals surface area contributed by atoms with Crippen molar-refractivity contribution in [3.63, 3.8) is 0 Å². The van der Waals surface area contributed by atoms with Gasteiger partial charge < -0.3 is 19.0 Å². The highest BCUT2D eigenvalue weighted by atomic mass is 19.4. The number of rotatable bonds is 4. The molecule has 0 radical (unpaired) electrons. The zero-order chi connectivity index (χ0) is 29.2. The first-order chi connectivity index (χ1) is 19.4. The molecule has 6 aromatic rings. The Labute approximate surface area is 226 Å². The van der Waals surface area contributed by atoms with Gasteiger partial charge in [0.05, 0.1) is 0 Å². The molecule has 0 saturated carbocycles. The molecule has 0 spiro atoms. The number of aromatic hydroxyl groups is 2. The number of oxazole rings is 2. The van der Waals surface area contributed by atoms with Crippen molar-refractivity contribution in [2.24, 2.45) is 0 Å². The molecule has 2 aromatic heterocycles. The predicted molar refractivity (Wildman–Crippen MR) is 135 cm³/mol. The molecular weight excluding hydrogens is 554 g/mol. The largest absolute Gasteiger partial charge is 0.508 e. The summed E-state index contributed by atoms with van der Waals surface area (Å²) in [6.45, 7) is 0. The van der Waals surface area contributed by atoms with Crippen LogP contribution in [0.4, 0.5) is 26.3 Å². The lowest BCUT2D eigenvalue weighted by molar-refractivity contribution is -0.288. The van der Waals surface area contributed by atoms with Crippen LogP contribution in [0.5, 0.6) is 11.5 Å². The number of halogens is 6. The summed E-state index contributed by atoms with van der Waals surface area (Å²) in [5.41, 5.74) is -6.45. The van der Waals surface area contributed by atoms with E-state index in [-0.39, 0.29) is 45.5 Å². The standard InChI is InChI=1S/C29H16F6N2O4/c30-28(31,32)27(29(33,34)35,17-5-11-23-21(13-17)36-25(40-23)15-1-7-19(38)8-2-15)18-6-12-24-22(14-18)37-26(41-24)16-3-9-20(39)10-4-16/h1-14,38-39H. The van der Waals surface area contributed by atoms with E-state index in [1.165, 1.54) is 48.5 Å². The van der Waals surface area contributed by atoms with Gasteiger partial charge in [-0.2, -0.15) is 26.3 Å². The Morgan fingerprint density at radius 2 is 0.878 bits per heavy atom. The van der Waals surface area contributed by atoms with E-state index in [4.69, 9.17) is 8.83 Å². The molecule has 6 nitrogen and oxygen atoms in total. The number of fused-ring (bicyclic) bond motifs is 2. The normalized spacial score (nSPS) is 12.8. The number of hydrogen-bond acceptors (Lipinski definition) is 6. The first kappa shape index (κ1) is 26.2. The number of benzene rings is 4. The third-order valence-electron chi connectivity index (χ3n) is 6.72. The van der Waals surface area contributed by atoms with Crippen LogP contribution in [0.3, 0.4) is 0 Å². The molecule has 0 fully saturated rings. The maximum atomic E-state index is 14.8. The predicted octanol–water partition coefficient (Wildman–Crippen LogP) is 8.12. The van der Waals surface area contributed by atoms with E-state index >= 15 is 0 Å². The van der Waals surface area contributed by atoms with E-state index in [0.717, 1.165) is 12.1 Å². The molecule has 2 heterocycles. The van der Waals surface area contributed by atoms with Gasteiger partial charge in [0.2, 0.25) is 17.2 Å². The lowest BCUT2D eigenvalue weighted by Gasteiger charge is -2.38. The van der Waals surface area contributed by atoms with E-state index in [2.05, 4.69) is 9.97 Å². The van der Waals surface area contributed by atoms with Gasteiger partial charge in [0.1, 0.15) is 22.5 Å². The lowest BCUT2D eigenvalue weighted by atomic mass is 9.72. The van der Waals surface area contributed by atoms with Gasteiger partial charge in [-0.15, -0.1) is 0 Å². The quantitative estimate of drug-likeness (QED) is 0.208. The van der Waals surface area contributed by atoms with Crippen molar-refractivity contribution in [1.82, 2.24) is 9.97 Å². The Hall–Kier alpha value is -5.00. The second-order valence-electron chi connectivity index (χ2n) is 9.24. The topological polar surface area (TPSA) is 92.5 Å². The molecule has 0 aliphatic carbocycles. The summed E-state index contributed by atoms with van der Waals surface area (Å²) in [5.74, 6) is -0.196. The minimum absolute atomic E-state index is 0.0273. The van der Waals surface area contributed by atoms with Crippen LogP contribution in [-0.2, 0) is 5.41 Å². The number of aromatic nitrogens is 2. The zero-order valence-corrected chi connectivity index (χ0v) is 20.5. The fraction of sp³-hybridized carbons (Fsp3) is 0.103. The highest BCUT2D eigenvalue weighted by molar-refractivity contribution is 5.80. The summed E-state index contributed by atoms with van der Waals surface area (Å²) in [4.78, 5) is 8.22. The number of alkyl halides is 6. The van der Waals surface area contributed by atoms with Crippen LogP contribution in [-0.4, -0.2) is 32.5 Å². The van der Waals surface area contributed by atoms with Gasteiger partial charge in [0, 0.05) is 11.1 Å². The Morgan fingerprint density at radius 1 is 0.512 bits per heavy atom. The smallest absolute Gasteiger partial charge is 0.411 e. The summed E-state index contributed by atoms with van der Waals surface area (Å²) in [6, 6.07) is 15.9. The van der Waals surface area contributed by atoms with Crippen LogP contribution in [0.2, 0.25) is 0 Å². The van der Waals surface area contributed by atoms with Crippen molar-refractivity contribution < 1.29 is 45.4 Å². The van der Waals surface area contributed by atoms with Gasteiger partial charge in [-0.1, -0.05) is 12.1 Å². The Morgan fingerprint density at radius 3 is 1.22 bits per heavy atom. The van der Waals surface area contributed by atoms with Crippen molar-refractivity contribution in [2.75, 3.05) is 0 Å². The average Bonchev–Trinajstić information content (AvgIpc) is 3.52. The molecule has 0 amide bonds.